The van der Waals surface area contributed by atoms with E-state index in [9.17, 15) is 4.79 Å². The molecule has 0 aliphatic heterocycles. The molecule has 2 rings (SSSR count). The predicted molar refractivity (Wildman–Crippen MR) is 64.4 cm³/mol. The van der Waals surface area contributed by atoms with Crippen LogP contribution in [0.4, 0.5) is 0 Å². The van der Waals surface area contributed by atoms with Gasteiger partial charge in [-0.05, 0) is 33.6 Å². The summed E-state index contributed by atoms with van der Waals surface area (Å²) in [6.07, 6.45) is 2.22. The van der Waals surface area contributed by atoms with Gasteiger partial charge in [0.15, 0.2) is 0 Å². The van der Waals surface area contributed by atoms with Crippen LogP contribution in [0.5, 0.6) is 0 Å². The van der Waals surface area contributed by atoms with E-state index < -0.39 is 5.97 Å². The van der Waals surface area contributed by atoms with Gasteiger partial charge in [0.1, 0.15) is 6.61 Å². The van der Waals surface area contributed by atoms with Crippen molar-refractivity contribution in [2.75, 3.05) is 6.61 Å². The molecule has 0 radical (unpaired) electrons. The molecule has 5 heteroatoms. The van der Waals surface area contributed by atoms with Crippen LogP contribution in [0.2, 0.25) is 0 Å². The van der Waals surface area contributed by atoms with Crippen molar-refractivity contribution in [1.82, 2.24) is 4.98 Å². The van der Waals surface area contributed by atoms with Crippen LogP contribution in [0.3, 0.4) is 0 Å². The van der Waals surface area contributed by atoms with Gasteiger partial charge in [-0.2, -0.15) is 0 Å². The van der Waals surface area contributed by atoms with Gasteiger partial charge in [-0.1, -0.05) is 0 Å². The SMILES string of the molecule is CCOC(=O)c1oc(COC(C)C)nc1C1CC1. The zero-order valence-electron chi connectivity index (χ0n) is 11.1. The van der Waals surface area contributed by atoms with Crippen molar-refractivity contribution in [2.45, 2.75) is 52.2 Å². The van der Waals surface area contributed by atoms with E-state index in [2.05, 4.69) is 4.98 Å². The molecule has 0 bridgehead atoms. The number of hydrogen-bond donors (Lipinski definition) is 0. The quantitative estimate of drug-likeness (QED) is 0.729. The number of aromatic nitrogens is 1. The van der Waals surface area contributed by atoms with Crippen molar-refractivity contribution in [2.24, 2.45) is 0 Å². The van der Waals surface area contributed by atoms with Gasteiger partial charge in [-0.25, -0.2) is 9.78 Å². The highest BCUT2D eigenvalue weighted by atomic mass is 16.5. The predicted octanol–water partition coefficient (Wildman–Crippen LogP) is 2.65. The molecule has 0 atom stereocenters. The minimum Gasteiger partial charge on any atom is -0.460 e. The Morgan fingerprint density at radius 2 is 2.22 bits per heavy atom. The summed E-state index contributed by atoms with van der Waals surface area (Å²) in [5.74, 6) is 0.624. The highest BCUT2D eigenvalue weighted by Crippen LogP contribution is 2.41. The summed E-state index contributed by atoms with van der Waals surface area (Å²) in [7, 11) is 0. The molecule has 0 aromatic carbocycles. The van der Waals surface area contributed by atoms with Crippen LogP contribution in [-0.2, 0) is 16.1 Å². The fourth-order valence-electron chi connectivity index (χ4n) is 1.65. The zero-order chi connectivity index (χ0) is 13.1. The lowest BCUT2D eigenvalue weighted by Gasteiger charge is -2.03. The van der Waals surface area contributed by atoms with Crippen molar-refractivity contribution in [1.29, 1.82) is 0 Å². The van der Waals surface area contributed by atoms with Gasteiger partial charge in [0, 0.05) is 5.92 Å². The Balaban J connectivity index is 2.13. The Morgan fingerprint density at radius 1 is 1.50 bits per heavy atom. The third kappa shape index (κ3) is 3.10. The first-order valence-corrected chi connectivity index (χ1v) is 6.40. The fourth-order valence-corrected chi connectivity index (χ4v) is 1.65. The van der Waals surface area contributed by atoms with E-state index in [0.29, 0.717) is 18.4 Å². The van der Waals surface area contributed by atoms with Crippen molar-refractivity contribution in [3.8, 4) is 0 Å². The molecule has 0 amide bonds. The maximum absolute atomic E-state index is 11.8. The topological polar surface area (TPSA) is 61.6 Å². The number of ether oxygens (including phenoxy) is 2. The normalized spacial score (nSPS) is 15.1. The first kappa shape index (κ1) is 13.1. The van der Waals surface area contributed by atoms with E-state index in [-0.39, 0.29) is 18.5 Å². The van der Waals surface area contributed by atoms with Crippen LogP contribution < -0.4 is 0 Å². The summed E-state index contributed by atoms with van der Waals surface area (Å²) in [5, 5.41) is 0. The molecule has 1 aromatic heterocycles. The molecule has 100 valence electrons. The van der Waals surface area contributed by atoms with Gasteiger partial charge < -0.3 is 13.9 Å². The third-order valence-corrected chi connectivity index (χ3v) is 2.66. The minimum atomic E-state index is -0.428. The Morgan fingerprint density at radius 3 is 2.78 bits per heavy atom. The summed E-state index contributed by atoms with van der Waals surface area (Å²) in [6, 6.07) is 0. The van der Waals surface area contributed by atoms with Crippen molar-refractivity contribution >= 4 is 5.97 Å². The first-order valence-electron chi connectivity index (χ1n) is 6.40. The molecular formula is C13H19NO4. The number of rotatable bonds is 6. The summed E-state index contributed by atoms with van der Waals surface area (Å²) in [5.41, 5.74) is 0.732. The van der Waals surface area contributed by atoms with Gasteiger partial charge in [-0.15, -0.1) is 0 Å². The van der Waals surface area contributed by atoms with Gasteiger partial charge in [0.05, 0.1) is 18.4 Å². The van der Waals surface area contributed by atoms with Crippen LogP contribution in [0, 0.1) is 0 Å². The van der Waals surface area contributed by atoms with E-state index in [1.807, 2.05) is 13.8 Å². The van der Waals surface area contributed by atoms with Gasteiger partial charge in [0.25, 0.3) is 0 Å². The van der Waals surface area contributed by atoms with Gasteiger partial charge >= 0.3 is 5.97 Å². The summed E-state index contributed by atoms with van der Waals surface area (Å²) >= 11 is 0. The van der Waals surface area contributed by atoms with Crippen LogP contribution in [0.1, 0.15) is 61.7 Å². The Kier molecular flexibility index (Phi) is 4.01. The number of hydrogen-bond acceptors (Lipinski definition) is 5. The lowest BCUT2D eigenvalue weighted by atomic mass is 10.2. The molecule has 0 saturated heterocycles. The molecule has 5 nitrogen and oxygen atoms in total. The Hall–Kier alpha value is -1.36. The number of oxazole rings is 1. The zero-order valence-corrected chi connectivity index (χ0v) is 11.1. The molecular weight excluding hydrogens is 234 g/mol. The molecule has 1 heterocycles. The molecule has 0 spiro atoms. The van der Waals surface area contributed by atoms with E-state index >= 15 is 0 Å². The largest absolute Gasteiger partial charge is 0.460 e. The fraction of sp³-hybridized carbons (Fsp3) is 0.692. The standard InChI is InChI=1S/C13H19NO4/c1-4-16-13(15)12-11(9-5-6-9)14-10(18-12)7-17-8(2)3/h8-9H,4-7H2,1-3H3. The molecule has 1 aliphatic rings. The molecule has 1 aliphatic carbocycles. The van der Waals surface area contributed by atoms with Crippen LogP contribution in [0.25, 0.3) is 0 Å². The van der Waals surface area contributed by atoms with Crippen molar-refractivity contribution < 1.29 is 18.7 Å². The van der Waals surface area contributed by atoms with E-state index in [0.717, 1.165) is 18.5 Å². The lowest BCUT2D eigenvalue weighted by Crippen LogP contribution is -2.05. The monoisotopic (exact) mass is 253 g/mol. The number of esters is 1. The third-order valence-electron chi connectivity index (χ3n) is 2.66. The van der Waals surface area contributed by atoms with Crippen molar-refractivity contribution in [3.05, 3.63) is 17.3 Å². The summed E-state index contributed by atoms with van der Waals surface area (Å²) in [6.45, 7) is 6.28. The molecule has 1 saturated carbocycles. The van der Waals surface area contributed by atoms with E-state index in [1.165, 1.54) is 0 Å². The molecule has 0 unspecified atom stereocenters. The van der Waals surface area contributed by atoms with Crippen LogP contribution in [0.15, 0.2) is 4.42 Å². The maximum Gasteiger partial charge on any atom is 0.376 e. The van der Waals surface area contributed by atoms with Gasteiger partial charge in [0.2, 0.25) is 11.7 Å². The second kappa shape index (κ2) is 5.52. The smallest absolute Gasteiger partial charge is 0.376 e. The average Bonchev–Trinajstić information content (AvgIpc) is 3.07. The highest BCUT2D eigenvalue weighted by molar-refractivity contribution is 5.87. The first-order chi connectivity index (χ1) is 8.61. The Bertz CT molecular complexity index is 421. The van der Waals surface area contributed by atoms with Gasteiger partial charge in [-0.3, -0.25) is 0 Å². The van der Waals surface area contributed by atoms with Crippen LogP contribution >= 0.6 is 0 Å². The lowest BCUT2D eigenvalue weighted by molar-refractivity contribution is 0.0429. The van der Waals surface area contributed by atoms with Crippen molar-refractivity contribution in [3.63, 3.8) is 0 Å². The maximum atomic E-state index is 11.8. The molecule has 18 heavy (non-hydrogen) atoms. The Labute approximate surface area is 106 Å². The second-order valence-corrected chi connectivity index (χ2v) is 4.68. The number of carbonyl (C=O) groups is 1. The summed E-state index contributed by atoms with van der Waals surface area (Å²) in [4.78, 5) is 16.1. The molecule has 1 fully saturated rings. The number of nitrogens with zero attached hydrogens (tertiary/aromatic N) is 1. The van der Waals surface area contributed by atoms with Crippen LogP contribution in [-0.4, -0.2) is 23.7 Å². The number of carbonyl (C=O) groups excluding carboxylic acids is 1. The summed E-state index contributed by atoms with van der Waals surface area (Å²) < 4.78 is 15.9. The molecule has 1 aromatic rings. The second-order valence-electron chi connectivity index (χ2n) is 4.68. The highest BCUT2D eigenvalue weighted by Gasteiger charge is 2.34. The van der Waals surface area contributed by atoms with E-state index in [4.69, 9.17) is 13.9 Å². The molecule has 0 N–H and O–H groups in total. The average molecular weight is 253 g/mol. The van der Waals surface area contributed by atoms with E-state index in [1.54, 1.807) is 6.92 Å². The minimum absolute atomic E-state index is 0.104.